The normalized spacial score (nSPS) is 30.9. The second-order valence-corrected chi connectivity index (χ2v) is 17.9. The number of aromatic nitrogens is 2. The summed E-state index contributed by atoms with van der Waals surface area (Å²) in [7, 11) is 9.60. The van der Waals surface area contributed by atoms with E-state index < -0.39 is 5.44 Å². The third kappa shape index (κ3) is 6.68. The molecule has 5 heterocycles. The van der Waals surface area contributed by atoms with Crippen molar-refractivity contribution < 1.29 is 0 Å². The summed E-state index contributed by atoms with van der Waals surface area (Å²) in [6.45, 7) is 14.9. The number of benzene rings is 1. The zero-order valence-corrected chi connectivity index (χ0v) is 30.3. The number of hydrogen-bond donors (Lipinski definition) is 1. The Morgan fingerprint density at radius 2 is 1.80 bits per heavy atom. The Morgan fingerprint density at radius 1 is 1.07 bits per heavy atom. The van der Waals surface area contributed by atoms with Crippen LogP contribution in [0, 0.1) is 5.92 Å². The maximum atomic E-state index is 7.13. The van der Waals surface area contributed by atoms with Gasteiger partial charge in [0, 0.05) is 32.9 Å². The molecule has 8 heteroatoms. The van der Waals surface area contributed by atoms with Gasteiger partial charge in [-0.3, -0.25) is 0 Å². The topological polar surface area (TPSA) is 44.3 Å². The highest BCUT2D eigenvalue weighted by Gasteiger charge is 2.39. The van der Waals surface area contributed by atoms with Crippen LogP contribution in [0.25, 0.3) is 11.0 Å². The average Bonchev–Trinajstić information content (AvgIpc) is 3.53. The van der Waals surface area contributed by atoms with E-state index in [1.54, 1.807) is 6.33 Å². The number of rotatable bonds is 1. The third-order valence-corrected chi connectivity index (χ3v) is 14.0. The third-order valence-electron chi connectivity index (χ3n) is 10.8. The molecule has 0 amide bonds. The zero-order valence-electron chi connectivity index (χ0n) is 28.6. The molecule has 1 saturated heterocycles. The lowest BCUT2D eigenvalue weighted by atomic mass is 9.70. The fraction of sp³-hybridized carbons (Fsp3) is 0.553. The van der Waals surface area contributed by atoms with E-state index in [1.165, 1.54) is 58.8 Å². The van der Waals surface area contributed by atoms with Crippen molar-refractivity contribution in [1.29, 1.82) is 0 Å². The minimum atomic E-state index is -0.551. The molecule has 1 fully saturated rings. The first-order valence-electron chi connectivity index (χ1n) is 17.2. The molecule has 1 aromatic heterocycles. The molecular formula is C38H52BN5S2. The number of thioether (sulfide) groups is 1. The molecule has 6 rings (SSSR count). The number of allylic oxidation sites excluding steroid dienone is 2. The van der Waals surface area contributed by atoms with Gasteiger partial charge >= 0.3 is 0 Å². The Balaban J connectivity index is 1.37. The molecule has 1 N–H and O–H groups in total. The highest BCUT2D eigenvalue weighted by Crippen LogP contribution is 2.48. The number of nitrogens with zero attached hydrogens (tertiary/aromatic N) is 4. The second kappa shape index (κ2) is 13.7. The molecule has 6 bridgehead atoms. The first-order chi connectivity index (χ1) is 22.0. The van der Waals surface area contributed by atoms with Gasteiger partial charge in [0.15, 0.2) is 0 Å². The second-order valence-electron chi connectivity index (χ2n) is 14.6. The first-order valence-corrected chi connectivity index (χ1v) is 19.8. The Kier molecular flexibility index (Phi) is 9.99. The molecule has 0 saturated carbocycles. The van der Waals surface area contributed by atoms with Crippen LogP contribution >= 0.6 is 22.2 Å². The Bertz CT molecular complexity index is 1540. The van der Waals surface area contributed by atoms with Gasteiger partial charge in [-0.25, -0.2) is 9.97 Å². The number of fused-ring (bicyclic) bond motifs is 4. The summed E-state index contributed by atoms with van der Waals surface area (Å²) >= 11 is 1.97. The van der Waals surface area contributed by atoms with E-state index in [0.717, 1.165) is 55.1 Å². The first kappa shape index (κ1) is 33.6. The van der Waals surface area contributed by atoms with Gasteiger partial charge in [-0.15, -0.1) is 11.8 Å². The van der Waals surface area contributed by atoms with Crippen molar-refractivity contribution in [3.8, 4) is 0 Å². The van der Waals surface area contributed by atoms with Gasteiger partial charge in [-0.05, 0) is 107 Å². The van der Waals surface area contributed by atoms with Crippen LogP contribution in [-0.4, -0.2) is 70.5 Å². The molecule has 4 aliphatic heterocycles. The highest BCUT2D eigenvalue weighted by molar-refractivity contribution is 8.14. The van der Waals surface area contributed by atoms with Gasteiger partial charge in [0.2, 0.25) is 0 Å². The lowest BCUT2D eigenvalue weighted by Crippen LogP contribution is -2.46. The lowest BCUT2D eigenvalue weighted by molar-refractivity contribution is 0.215. The Labute approximate surface area is 286 Å². The predicted octanol–water partition coefficient (Wildman–Crippen LogP) is 8.67. The van der Waals surface area contributed by atoms with E-state index in [4.69, 9.17) is 24.4 Å². The molecule has 46 heavy (non-hydrogen) atoms. The quantitative estimate of drug-likeness (QED) is 0.246. The summed E-state index contributed by atoms with van der Waals surface area (Å²) in [4.78, 5) is 16.0. The minimum Gasteiger partial charge on any atom is -0.366 e. The van der Waals surface area contributed by atoms with Crippen LogP contribution in [-0.2, 0) is 5.44 Å². The molecule has 2 aromatic rings. The largest absolute Gasteiger partial charge is 0.366 e. The van der Waals surface area contributed by atoms with Crippen LogP contribution in [0.2, 0.25) is 0 Å². The van der Waals surface area contributed by atoms with Gasteiger partial charge in [-0.2, -0.15) is 10.5 Å². The van der Waals surface area contributed by atoms with Gasteiger partial charge < -0.3 is 15.1 Å². The lowest BCUT2D eigenvalue weighted by Gasteiger charge is -2.46. The van der Waals surface area contributed by atoms with Crippen molar-refractivity contribution in [3.63, 3.8) is 0 Å². The van der Waals surface area contributed by atoms with Crippen molar-refractivity contribution in [2.45, 2.75) is 101 Å². The monoisotopic (exact) mass is 653 g/mol. The number of anilines is 2. The smallest absolute Gasteiger partial charge is 0.146 e. The molecule has 3 unspecified atom stereocenters. The Morgan fingerprint density at radius 3 is 2.59 bits per heavy atom. The van der Waals surface area contributed by atoms with E-state index in [1.807, 2.05) is 11.8 Å². The molecule has 1 aromatic carbocycles. The van der Waals surface area contributed by atoms with E-state index in [0.29, 0.717) is 11.2 Å². The van der Waals surface area contributed by atoms with Crippen molar-refractivity contribution in [3.05, 3.63) is 71.2 Å². The standard InChI is InChI=1S/C38H52BN5S2/c1-26-33-16-17-34(45-33)29-14-10-11-15-32(29)38(5,39)43(6)21-13-9-8-12-20-37(3,4)44-27(2)30(28-18-22-46(7)23-19-28)24-31-35(42-26)40-25-41-36(31)44/h10-11,14-15,17,24-26,28,33H,2,7-9,12-13,16,18-23H2,1,3-6H3,(H,40,41,42). The highest BCUT2D eigenvalue weighted by atomic mass is 32.2. The summed E-state index contributed by atoms with van der Waals surface area (Å²) in [5.41, 5.74) is 5.38. The number of nitrogens with one attached hydrogen (secondary N) is 1. The summed E-state index contributed by atoms with van der Waals surface area (Å²) < 4.78 is 0. The molecule has 3 atom stereocenters. The molecule has 4 aliphatic rings. The van der Waals surface area contributed by atoms with Crippen LogP contribution in [0.5, 0.6) is 0 Å². The van der Waals surface area contributed by atoms with Crippen molar-refractivity contribution in [2.24, 2.45) is 5.92 Å². The van der Waals surface area contributed by atoms with E-state index in [-0.39, 0.29) is 22.1 Å². The van der Waals surface area contributed by atoms with Crippen molar-refractivity contribution >= 4 is 58.6 Å². The van der Waals surface area contributed by atoms with Gasteiger partial charge in [0.05, 0.1) is 5.56 Å². The fourth-order valence-electron chi connectivity index (χ4n) is 7.71. The van der Waals surface area contributed by atoms with E-state index in [9.17, 15) is 0 Å². The van der Waals surface area contributed by atoms with E-state index >= 15 is 0 Å². The molecular weight excluding hydrogens is 601 g/mol. The van der Waals surface area contributed by atoms with Gasteiger partial charge in [0.1, 0.15) is 25.8 Å². The van der Waals surface area contributed by atoms with Crippen LogP contribution in [0.4, 0.5) is 11.6 Å². The summed E-state index contributed by atoms with van der Waals surface area (Å²) in [6, 6.07) is 8.94. The average molecular weight is 654 g/mol. The summed E-state index contributed by atoms with van der Waals surface area (Å²) in [5.74, 6) is 9.22. The minimum absolute atomic E-state index is 0.134. The Hall–Kier alpha value is -2.29. The van der Waals surface area contributed by atoms with Crippen LogP contribution < -0.4 is 10.2 Å². The fourth-order valence-corrected chi connectivity index (χ4v) is 10.4. The molecule has 2 radical (unpaired) electrons. The van der Waals surface area contributed by atoms with Crippen LogP contribution in [0.1, 0.15) is 95.8 Å². The molecule has 0 spiro atoms. The zero-order chi connectivity index (χ0) is 32.6. The summed E-state index contributed by atoms with van der Waals surface area (Å²) in [5, 5.41) is 4.26. The van der Waals surface area contributed by atoms with E-state index in [2.05, 4.69) is 92.1 Å². The maximum absolute atomic E-state index is 7.13. The molecule has 244 valence electrons. The maximum Gasteiger partial charge on any atom is 0.146 e. The van der Waals surface area contributed by atoms with Gasteiger partial charge in [0.25, 0.3) is 0 Å². The van der Waals surface area contributed by atoms with Gasteiger partial charge in [-0.1, -0.05) is 69.0 Å². The molecule has 0 aliphatic carbocycles. The van der Waals surface area contributed by atoms with Crippen LogP contribution in [0.15, 0.2) is 54.5 Å². The van der Waals surface area contributed by atoms with Crippen molar-refractivity contribution in [1.82, 2.24) is 14.9 Å². The molecule has 5 nitrogen and oxygen atoms in total. The van der Waals surface area contributed by atoms with Crippen LogP contribution in [0.3, 0.4) is 0 Å². The SMILES string of the molecule is [B]C1(C)c2ccccc2C2=CCC(S2)C(C)Nc2ncnc3c2C=C(C2CCS(=C)CC2)C(=C)N3C(C)(C)CCCCCCN1C. The number of hydrogen-bond acceptors (Lipinski definition) is 6. The van der Waals surface area contributed by atoms with Crippen molar-refractivity contribution in [2.75, 3.05) is 35.3 Å². The predicted molar refractivity (Wildman–Crippen MR) is 205 cm³/mol. The summed E-state index contributed by atoms with van der Waals surface area (Å²) in [6.07, 6.45) is 15.6.